The van der Waals surface area contributed by atoms with Crippen molar-refractivity contribution >= 4 is 12.6 Å². The SMILES string of the molecule is COC(=O)N1CCN(CC(O)COc2ccc(CN3CCCCCC3)cc2)CC1.O=CO. The summed E-state index contributed by atoms with van der Waals surface area (Å²) < 4.78 is 10.5. The van der Waals surface area contributed by atoms with Crippen molar-refractivity contribution in [3.8, 4) is 5.75 Å². The van der Waals surface area contributed by atoms with Crippen LogP contribution in [0.1, 0.15) is 31.2 Å². The zero-order valence-corrected chi connectivity index (χ0v) is 19.0. The molecule has 1 aromatic carbocycles. The third-order valence-electron chi connectivity index (χ3n) is 5.74. The van der Waals surface area contributed by atoms with Crippen molar-refractivity contribution in [3.63, 3.8) is 0 Å². The zero-order valence-electron chi connectivity index (χ0n) is 19.0. The number of piperazine rings is 1. The molecule has 0 bridgehead atoms. The smallest absolute Gasteiger partial charge is 0.409 e. The first-order chi connectivity index (χ1) is 15.5. The molecule has 0 spiro atoms. The number of carbonyl (C=O) groups excluding carboxylic acids is 1. The first kappa shape index (κ1) is 25.9. The summed E-state index contributed by atoms with van der Waals surface area (Å²) in [5.41, 5.74) is 1.31. The van der Waals surface area contributed by atoms with E-state index in [1.54, 1.807) is 4.90 Å². The van der Waals surface area contributed by atoms with E-state index in [4.69, 9.17) is 19.4 Å². The Morgan fingerprint density at radius 1 is 1.00 bits per heavy atom. The van der Waals surface area contributed by atoms with Gasteiger partial charge in [0.1, 0.15) is 18.5 Å². The topological polar surface area (TPSA) is 103 Å². The fourth-order valence-corrected chi connectivity index (χ4v) is 4.03. The van der Waals surface area contributed by atoms with Crippen LogP contribution in [0.5, 0.6) is 5.75 Å². The highest BCUT2D eigenvalue weighted by Gasteiger charge is 2.23. The number of nitrogens with zero attached hydrogens (tertiary/aromatic N) is 3. The van der Waals surface area contributed by atoms with E-state index in [0.717, 1.165) is 25.4 Å². The standard InChI is InChI=1S/C22H35N3O4.CH2O2/c1-28-22(27)25-14-12-24(13-15-25)17-20(26)18-29-21-8-6-19(7-9-21)16-23-10-4-2-3-5-11-23;2-1-3/h6-9,20,26H,2-5,10-18H2,1H3;1H,(H,2,3). The fourth-order valence-electron chi connectivity index (χ4n) is 4.03. The average molecular weight is 452 g/mol. The molecule has 1 aromatic rings. The van der Waals surface area contributed by atoms with Gasteiger partial charge >= 0.3 is 6.09 Å². The van der Waals surface area contributed by atoms with Gasteiger partial charge in [-0.05, 0) is 43.6 Å². The summed E-state index contributed by atoms with van der Waals surface area (Å²) in [7, 11) is 1.40. The van der Waals surface area contributed by atoms with Crippen molar-refractivity contribution in [2.45, 2.75) is 38.3 Å². The maximum absolute atomic E-state index is 11.5. The van der Waals surface area contributed by atoms with E-state index in [9.17, 15) is 9.90 Å². The highest BCUT2D eigenvalue weighted by molar-refractivity contribution is 5.67. The van der Waals surface area contributed by atoms with Crippen molar-refractivity contribution in [1.82, 2.24) is 14.7 Å². The number of aliphatic hydroxyl groups is 1. The summed E-state index contributed by atoms with van der Waals surface area (Å²) in [5, 5.41) is 17.2. The molecule has 180 valence electrons. The van der Waals surface area contributed by atoms with Crippen LogP contribution in [-0.4, -0.2) is 103 Å². The van der Waals surface area contributed by atoms with E-state index in [1.807, 2.05) is 12.1 Å². The molecule has 0 aliphatic carbocycles. The molecule has 32 heavy (non-hydrogen) atoms. The van der Waals surface area contributed by atoms with Gasteiger partial charge in [-0.25, -0.2) is 4.79 Å². The van der Waals surface area contributed by atoms with Crippen molar-refractivity contribution < 1.29 is 29.3 Å². The van der Waals surface area contributed by atoms with Crippen LogP contribution < -0.4 is 4.74 Å². The monoisotopic (exact) mass is 451 g/mol. The second kappa shape index (κ2) is 14.7. The maximum Gasteiger partial charge on any atom is 0.409 e. The van der Waals surface area contributed by atoms with Gasteiger partial charge in [0.25, 0.3) is 6.47 Å². The number of carbonyl (C=O) groups is 2. The Morgan fingerprint density at radius 3 is 2.16 bits per heavy atom. The summed E-state index contributed by atoms with van der Waals surface area (Å²) in [5.74, 6) is 0.791. The Hall–Kier alpha value is -2.36. The molecule has 0 aromatic heterocycles. The van der Waals surface area contributed by atoms with Gasteiger partial charge in [-0.2, -0.15) is 0 Å². The van der Waals surface area contributed by atoms with Crippen LogP contribution >= 0.6 is 0 Å². The van der Waals surface area contributed by atoms with Crippen LogP contribution in [0.2, 0.25) is 0 Å². The number of ether oxygens (including phenoxy) is 2. The molecule has 2 fully saturated rings. The van der Waals surface area contributed by atoms with Gasteiger partial charge in [0, 0.05) is 39.3 Å². The number of aliphatic hydroxyl groups excluding tert-OH is 1. The Morgan fingerprint density at radius 2 is 1.59 bits per heavy atom. The minimum atomic E-state index is -0.559. The number of carboxylic acid groups (broad SMARTS) is 1. The molecule has 2 saturated heterocycles. The Kier molecular flexibility index (Phi) is 11.9. The van der Waals surface area contributed by atoms with Gasteiger partial charge in [0.2, 0.25) is 0 Å². The van der Waals surface area contributed by atoms with E-state index in [1.165, 1.54) is 51.4 Å². The maximum atomic E-state index is 11.5. The minimum absolute atomic E-state index is 0.250. The molecule has 2 heterocycles. The number of amides is 1. The number of hydrogen-bond acceptors (Lipinski definition) is 7. The average Bonchev–Trinajstić information content (AvgIpc) is 3.08. The normalized spacial score (nSPS) is 18.6. The number of hydrogen-bond donors (Lipinski definition) is 2. The number of β-amino-alcohol motifs (C(OH)–C–C–N with tert-alkyl or cyclic N) is 1. The van der Waals surface area contributed by atoms with Crippen molar-refractivity contribution in [3.05, 3.63) is 29.8 Å². The molecule has 1 atom stereocenters. The number of methoxy groups -OCH3 is 1. The molecule has 0 radical (unpaired) electrons. The summed E-state index contributed by atoms with van der Waals surface area (Å²) in [4.78, 5) is 26.3. The molecule has 0 saturated carbocycles. The van der Waals surface area contributed by atoms with E-state index < -0.39 is 6.10 Å². The second-order valence-electron chi connectivity index (χ2n) is 8.16. The highest BCUT2D eigenvalue weighted by atomic mass is 16.5. The molecular formula is C23H37N3O6. The second-order valence-corrected chi connectivity index (χ2v) is 8.16. The minimum Gasteiger partial charge on any atom is -0.491 e. The van der Waals surface area contributed by atoms with Crippen molar-refractivity contribution in [1.29, 1.82) is 0 Å². The van der Waals surface area contributed by atoms with Crippen molar-refractivity contribution in [2.24, 2.45) is 0 Å². The molecule has 9 heteroatoms. The zero-order chi connectivity index (χ0) is 23.2. The predicted molar refractivity (Wildman–Crippen MR) is 121 cm³/mol. The van der Waals surface area contributed by atoms with Crippen LogP contribution in [0.3, 0.4) is 0 Å². The predicted octanol–water partition coefficient (Wildman–Crippen LogP) is 1.89. The van der Waals surface area contributed by atoms with Gasteiger partial charge in [0.15, 0.2) is 0 Å². The lowest BCUT2D eigenvalue weighted by Gasteiger charge is -2.34. The van der Waals surface area contributed by atoms with Gasteiger partial charge in [-0.3, -0.25) is 14.6 Å². The molecule has 3 rings (SSSR count). The van der Waals surface area contributed by atoms with Crippen LogP contribution in [-0.2, 0) is 16.1 Å². The fraction of sp³-hybridized carbons (Fsp3) is 0.652. The highest BCUT2D eigenvalue weighted by Crippen LogP contribution is 2.17. The molecule has 1 amide bonds. The van der Waals surface area contributed by atoms with Crippen LogP contribution in [0.25, 0.3) is 0 Å². The van der Waals surface area contributed by atoms with E-state index in [0.29, 0.717) is 19.6 Å². The number of likely N-dealkylation sites (tertiary alicyclic amines) is 1. The summed E-state index contributed by atoms with van der Waals surface area (Å²) in [6, 6.07) is 8.24. The summed E-state index contributed by atoms with van der Waals surface area (Å²) >= 11 is 0. The Bertz CT molecular complexity index is 656. The number of rotatable bonds is 7. The molecule has 2 aliphatic heterocycles. The van der Waals surface area contributed by atoms with Crippen molar-refractivity contribution in [2.75, 3.05) is 59.5 Å². The first-order valence-electron chi connectivity index (χ1n) is 11.3. The molecule has 2 aliphatic rings. The largest absolute Gasteiger partial charge is 0.491 e. The van der Waals surface area contributed by atoms with Crippen LogP contribution in [0, 0.1) is 0 Å². The Balaban J connectivity index is 0.00000114. The van der Waals surface area contributed by atoms with E-state index >= 15 is 0 Å². The lowest BCUT2D eigenvalue weighted by molar-refractivity contribution is -0.122. The van der Waals surface area contributed by atoms with Crippen LogP contribution in [0.4, 0.5) is 4.79 Å². The molecule has 2 N–H and O–H groups in total. The Labute approximate surface area is 190 Å². The third kappa shape index (κ3) is 9.42. The van der Waals surface area contributed by atoms with E-state index in [2.05, 4.69) is 21.9 Å². The van der Waals surface area contributed by atoms with Gasteiger partial charge in [-0.15, -0.1) is 0 Å². The summed E-state index contributed by atoms with van der Waals surface area (Å²) in [6.45, 7) is 6.66. The van der Waals surface area contributed by atoms with Gasteiger partial charge in [-0.1, -0.05) is 25.0 Å². The quantitative estimate of drug-likeness (QED) is 0.606. The van der Waals surface area contributed by atoms with E-state index in [-0.39, 0.29) is 19.2 Å². The van der Waals surface area contributed by atoms with Gasteiger partial charge < -0.3 is 24.6 Å². The van der Waals surface area contributed by atoms with Crippen LogP contribution in [0.15, 0.2) is 24.3 Å². The summed E-state index contributed by atoms with van der Waals surface area (Å²) in [6.07, 6.45) is 4.47. The lowest BCUT2D eigenvalue weighted by Crippen LogP contribution is -2.50. The first-order valence-corrected chi connectivity index (χ1v) is 11.3. The molecule has 1 unspecified atom stereocenters. The van der Waals surface area contributed by atoms with Gasteiger partial charge in [0.05, 0.1) is 7.11 Å². The molecular weight excluding hydrogens is 414 g/mol. The lowest BCUT2D eigenvalue weighted by atomic mass is 10.2. The third-order valence-corrected chi connectivity index (χ3v) is 5.74. The number of benzene rings is 1. The molecule has 9 nitrogen and oxygen atoms in total.